The van der Waals surface area contributed by atoms with E-state index in [4.69, 9.17) is 8.37 Å². The number of nitrogens with one attached hydrogen (secondary N) is 2. The molecule has 2 aromatic carbocycles. The zero-order valence-corrected chi connectivity index (χ0v) is 21.7. The van der Waals surface area contributed by atoms with Crippen LogP contribution in [0, 0.1) is 0 Å². The van der Waals surface area contributed by atoms with Gasteiger partial charge in [0.25, 0.3) is 0 Å². The van der Waals surface area contributed by atoms with Crippen molar-refractivity contribution >= 4 is 37.6 Å². The number of amides is 2. The fraction of sp³-hybridized carbons (Fsp3) is 0.480. The lowest BCUT2D eigenvalue weighted by Gasteiger charge is -2.21. The molecule has 0 saturated heterocycles. The van der Waals surface area contributed by atoms with Gasteiger partial charge in [0.1, 0.15) is 11.5 Å². The van der Waals surface area contributed by atoms with E-state index < -0.39 is 36.8 Å². The first-order valence-corrected chi connectivity index (χ1v) is 15.3. The highest BCUT2D eigenvalue weighted by atomic mass is 32.2. The van der Waals surface area contributed by atoms with Gasteiger partial charge in [-0.2, -0.15) is 16.8 Å². The van der Waals surface area contributed by atoms with E-state index in [0.717, 1.165) is 38.5 Å². The maximum Gasteiger partial charge on any atom is 0.323 e. The van der Waals surface area contributed by atoms with Crippen LogP contribution in [0.25, 0.3) is 0 Å². The summed E-state index contributed by atoms with van der Waals surface area (Å²) in [7, 11) is -7.43. The van der Waals surface area contributed by atoms with E-state index in [1.807, 2.05) is 0 Å². The molecule has 0 heterocycles. The third-order valence-corrected chi connectivity index (χ3v) is 9.98. The van der Waals surface area contributed by atoms with Gasteiger partial charge in [0.05, 0.1) is 10.5 Å². The van der Waals surface area contributed by atoms with Crippen LogP contribution in [0.15, 0.2) is 48.5 Å². The number of carbonyl (C=O) groups is 1. The number of urea groups is 1. The Morgan fingerprint density at radius 1 is 0.639 bits per heavy atom. The van der Waals surface area contributed by atoms with Crippen LogP contribution in [0.3, 0.4) is 0 Å². The Hall–Kier alpha value is -2.79. The summed E-state index contributed by atoms with van der Waals surface area (Å²) in [4.78, 5) is 12.4. The minimum atomic E-state index is -3.74. The van der Waals surface area contributed by atoms with Crippen molar-refractivity contribution in [3.05, 3.63) is 48.5 Å². The molecule has 0 unspecified atom stereocenters. The summed E-state index contributed by atoms with van der Waals surface area (Å²) in [6.07, 6.45) is 8.02. The van der Waals surface area contributed by atoms with Crippen molar-refractivity contribution in [1.82, 2.24) is 0 Å². The average Bonchev–Trinajstić information content (AvgIpc) is 2.86. The normalized spacial score (nSPS) is 17.8. The van der Waals surface area contributed by atoms with E-state index in [-0.39, 0.29) is 11.5 Å². The standard InChI is InChI=1S/C25H32N2O7S2/c28-25(26-19-14-16-21(17-15-19)33-35(29,30)23-10-3-1-4-11-23)27-20-8-7-9-22(18-20)34-36(31,32)24-12-5-2-6-13-24/h7-9,14-18,23-24H,1-6,10-13H2,(H2,26,27,28). The van der Waals surface area contributed by atoms with Crippen molar-refractivity contribution < 1.29 is 30.0 Å². The van der Waals surface area contributed by atoms with E-state index in [2.05, 4.69) is 10.6 Å². The number of hydrogen-bond donors (Lipinski definition) is 2. The van der Waals surface area contributed by atoms with E-state index >= 15 is 0 Å². The fourth-order valence-electron chi connectivity index (χ4n) is 4.62. The fourth-order valence-corrected chi connectivity index (χ4v) is 7.47. The van der Waals surface area contributed by atoms with Crippen LogP contribution in [0.2, 0.25) is 0 Å². The SMILES string of the molecule is O=C(Nc1ccc(OS(=O)(=O)C2CCCCC2)cc1)Nc1cccc(OS(=O)(=O)C2CCCCC2)c1. The molecule has 2 N–H and O–H groups in total. The van der Waals surface area contributed by atoms with E-state index in [0.29, 0.717) is 37.1 Å². The van der Waals surface area contributed by atoms with Gasteiger partial charge in [-0.1, -0.05) is 44.6 Å². The quantitative estimate of drug-likeness (QED) is 0.432. The van der Waals surface area contributed by atoms with Gasteiger partial charge in [-0.3, -0.25) is 0 Å². The monoisotopic (exact) mass is 536 g/mol. The summed E-state index contributed by atoms with van der Waals surface area (Å²) in [5.74, 6) is 0.328. The van der Waals surface area contributed by atoms with Crippen LogP contribution in [-0.4, -0.2) is 33.4 Å². The number of hydrogen-bond acceptors (Lipinski definition) is 7. The van der Waals surface area contributed by atoms with Crippen LogP contribution in [-0.2, 0) is 20.2 Å². The van der Waals surface area contributed by atoms with Crippen LogP contribution < -0.4 is 19.0 Å². The zero-order chi connectivity index (χ0) is 25.6. The number of benzene rings is 2. The second-order valence-electron chi connectivity index (χ2n) is 9.30. The largest absolute Gasteiger partial charge is 0.382 e. The van der Waals surface area contributed by atoms with E-state index in [9.17, 15) is 21.6 Å². The van der Waals surface area contributed by atoms with Gasteiger partial charge in [0.15, 0.2) is 0 Å². The molecule has 0 spiro atoms. The molecule has 0 bridgehead atoms. The third-order valence-electron chi connectivity index (χ3n) is 6.55. The maximum atomic E-state index is 12.6. The molecule has 0 atom stereocenters. The molecule has 2 fully saturated rings. The molecule has 2 amide bonds. The molecule has 2 aliphatic rings. The number of rotatable bonds is 8. The van der Waals surface area contributed by atoms with Gasteiger partial charge in [0, 0.05) is 17.4 Å². The smallest absolute Gasteiger partial charge is 0.323 e. The van der Waals surface area contributed by atoms with Crippen molar-refractivity contribution in [3.8, 4) is 11.5 Å². The molecular formula is C25H32N2O7S2. The highest BCUT2D eigenvalue weighted by Gasteiger charge is 2.30. The van der Waals surface area contributed by atoms with Crippen LogP contribution in [0.1, 0.15) is 64.2 Å². The Bertz CT molecular complexity index is 1250. The summed E-state index contributed by atoms with van der Waals surface area (Å²) < 4.78 is 60.7. The second kappa shape index (κ2) is 11.5. The first kappa shape index (κ1) is 26.3. The molecule has 4 rings (SSSR count). The van der Waals surface area contributed by atoms with E-state index in [1.54, 1.807) is 24.3 Å². The second-order valence-corrected chi connectivity index (χ2v) is 12.9. The Balaban J connectivity index is 1.31. The average molecular weight is 537 g/mol. The molecule has 2 saturated carbocycles. The summed E-state index contributed by atoms with van der Waals surface area (Å²) >= 11 is 0. The van der Waals surface area contributed by atoms with E-state index in [1.165, 1.54) is 24.3 Å². The summed E-state index contributed by atoms with van der Waals surface area (Å²) in [6.45, 7) is 0. The molecule has 11 heteroatoms. The van der Waals surface area contributed by atoms with Gasteiger partial charge in [-0.25, -0.2) is 4.79 Å². The van der Waals surface area contributed by atoms with Crippen LogP contribution in [0.4, 0.5) is 16.2 Å². The third kappa shape index (κ3) is 7.13. The lowest BCUT2D eigenvalue weighted by molar-refractivity contribution is 0.262. The summed E-state index contributed by atoms with van der Waals surface area (Å²) in [6, 6.07) is 11.7. The van der Waals surface area contributed by atoms with Crippen molar-refractivity contribution in [2.24, 2.45) is 0 Å². The van der Waals surface area contributed by atoms with Crippen molar-refractivity contribution in [2.75, 3.05) is 10.6 Å². The predicted octanol–water partition coefficient (Wildman–Crippen LogP) is 5.41. The number of anilines is 2. The van der Waals surface area contributed by atoms with Gasteiger partial charge in [-0.05, 0) is 62.1 Å². The van der Waals surface area contributed by atoms with Gasteiger partial charge in [-0.15, -0.1) is 0 Å². The molecule has 2 aliphatic carbocycles. The Kier molecular flexibility index (Phi) is 8.40. The molecule has 9 nitrogen and oxygen atoms in total. The van der Waals surface area contributed by atoms with Crippen molar-refractivity contribution in [1.29, 1.82) is 0 Å². The first-order valence-electron chi connectivity index (χ1n) is 12.4. The summed E-state index contributed by atoms with van der Waals surface area (Å²) in [5.41, 5.74) is 0.796. The Morgan fingerprint density at radius 3 is 1.69 bits per heavy atom. The zero-order valence-electron chi connectivity index (χ0n) is 20.0. The van der Waals surface area contributed by atoms with Gasteiger partial charge in [0.2, 0.25) is 0 Å². The topological polar surface area (TPSA) is 128 Å². The molecule has 0 radical (unpaired) electrons. The molecule has 0 aliphatic heterocycles. The van der Waals surface area contributed by atoms with Crippen molar-refractivity contribution in [2.45, 2.75) is 74.7 Å². The minimum absolute atomic E-state index is 0.138. The summed E-state index contributed by atoms with van der Waals surface area (Å²) in [5, 5.41) is 4.31. The molecule has 36 heavy (non-hydrogen) atoms. The Labute approximate surface area is 212 Å². The van der Waals surface area contributed by atoms with Gasteiger partial charge >= 0.3 is 26.3 Å². The van der Waals surface area contributed by atoms with Crippen LogP contribution in [0.5, 0.6) is 11.5 Å². The lowest BCUT2D eigenvalue weighted by atomic mass is 10.0. The number of carbonyl (C=O) groups excluding carboxylic acids is 1. The highest BCUT2D eigenvalue weighted by molar-refractivity contribution is 7.88. The molecule has 2 aromatic rings. The minimum Gasteiger partial charge on any atom is -0.382 e. The predicted molar refractivity (Wildman–Crippen MR) is 138 cm³/mol. The molecule has 196 valence electrons. The lowest BCUT2D eigenvalue weighted by Crippen LogP contribution is -2.28. The van der Waals surface area contributed by atoms with Crippen LogP contribution >= 0.6 is 0 Å². The first-order chi connectivity index (χ1) is 17.2. The van der Waals surface area contributed by atoms with Crippen molar-refractivity contribution in [3.63, 3.8) is 0 Å². The maximum absolute atomic E-state index is 12.6. The Morgan fingerprint density at radius 2 is 1.14 bits per heavy atom. The molecular weight excluding hydrogens is 504 g/mol. The molecule has 0 aromatic heterocycles. The van der Waals surface area contributed by atoms with Gasteiger partial charge < -0.3 is 19.0 Å². The highest BCUT2D eigenvalue weighted by Crippen LogP contribution is 2.28.